The SMILES string of the molecule is NC(=O)c1cc2[nH]c(Nc3c(Cl)ccc(CNC(=O)C4(C(F)(F)F)CC4)c3Cl)nc2nc1OCC(F)F. The van der Waals surface area contributed by atoms with Gasteiger partial charge in [0.2, 0.25) is 17.7 Å². The summed E-state index contributed by atoms with van der Waals surface area (Å²) < 4.78 is 69.5. The average Bonchev–Trinajstić information content (AvgIpc) is 3.55. The second-order valence-electron chi connectivity index (χ2n) is 8.15. The number of hydrogen-bond donors (Lipinski definition) is 4. The first-order valence-electron chi connectivity index (χ1n) is 10.5. The molecular formula is C21H17Cl2F5N6O3. The summed E-state index contributed by atoms with van der Waals surface area (Å²) >= 11 is 12.6. The minimum atomic E-state index is -4.65. The molecule has 2 heterocycles. The van der Waals surface area contributed by atoms with Crippen molar-refractivity contribution in [1.29, 1.82) is 0 Å². The van der Waals surface area contributed by atoms with Crippen LogP contribution in [0, 0.1) is 5.41 Å². The van der Waals surface area contributed by atoms with Crippen LogP contribution in [0.15, 0.2) is 18.2 Å². The lowest BCUT2D eigenvalue weighted by atomic mass is 10.1. The molecule has 0 atom stereocenters. The summed E-state index contributed by atoms with van der Waals surface area (Å²) in [6, 6.07) is 4.07. The van der Waals surface area contributed by atoms with Gasteiger partial charge in [-0.05, 0) is 30.5 Å². The van der Waals surface area contributed by atoms with Crippen molar-refractivity contribution in [2.75, 3.05) is 11.9 Å². The van der Waals surface area contributed by atoms with Gasteiger partial charge in [0.1, 0.15) is 11.0 Å². The zero-order valence-corrected chi connectivity index (χ0v) is 20.0. The number of hydrogen-bond acceptors (Lipinski definition) is 6. The molecule has 0 saturated heterocycles. The molecule has 198 valence electrons. The van der Waals surface area contributed by atoms with Gasteiger partial charge in [0.05, 0.1) is 21.2 Å². The van der Waals surface area contributed by atoms with Gasteiger partial charge in [-0.15, -0.1) is 0 Å². The van der Waals surface area contributed by atoms with E-state index in [1.807, 2.05) is 0 Å². The fraction of sp³-hybridized carbons (Fsp3) is 0.333. The van der Waals surface area contributed by atoms with E-state index in [0.29, 0.717) is 0 Å². The van der Waals surface area contributed by atoms with Crippen molar-refractivity contribution in [3.8, 4) is 5.88 Å². The zero-order chi connectivity index (χ0) is 27.1. The number of nitrogens with one attached hydrogen (secondary N) is 3. The van der Waals surface area contributed by atoms with Gasteiger partial charge < -0.3 is 26.1 Å². The Labute approximate surface area is 214 Å². The van der Waals surface area contributed by atoms with E-state index in [-0.39, 0.29) is 63.4 Å². The number of nitrogens with zero attached hydrogens (tertiary/aromatic N) is 2. The molecule has 2 amide bonds. The highest BCUT2D eigenvalue weighted by Crippen LogP contribution is 2.57. The molecule has 9 nitrogen and oxygen atoms in total. The summed E-state index contributed by atoms with van der Waals surface area (Å²) in [5.74, 6) is -2.52. The molecule has 37 heavy (non-hydrogen) atoms. The largest absolute Gasteiger partial charge is 0.471 e. The lowest BCUT2D eigenvalue weighted by molar-refractivity contribution is -0.192. The van der Waals surface area contributed by atoms with Crippen molar-refractivity contribution in [2.24, 2.45) is 11.1 Å². The molecule has 0 radical (unpaired) electrons. The normalized spacial score (nSPS) is 14.6. The van der Waals surface area contributed by atoms with Gasteiger partial charge in [-0.3, -0.25) is 9.59 Å². The molecule has 1 aliphatic rings. The number of imidazole rings is 1. The van der Waals surface area contributed by atoms with Crippen LogP contribution in [0.4, 0.5) is 33.6 Å². The lowest BCUT2D eigenvalue weighted by Gasteiger charge is -2.19. The molecule has 1 aromatic carbocycles. The Morgan fingerprint density at radius 3 is 2.51 bits per heavy atom. The fourth-order valence-corrected chi connectivity index (χ4v) is 4.02. The molecule has 1 saturated carbocycles. The topological polar surface area (TPSA) is 135 Å². The molecule has 1 fully saturated rings. The zero-order valence-electron chi connectivity index (χ0n) is 18.5. The number of primary amides is 1. The van der Waals surface area contributed by atoms with Crippen LogP contribution in [0.25, 0.3) is 11.2 Å². The first-order valence-corrected chi connectivity index (χ1v) is 11.3. The first-order chi connectivity index (χ1) is 17.3. The number of H-pyrrole nitrogens is 1. The quantitative estimate of drug-likeness (QED) is 0.277. The third kappa shape index (κ3) is 5.34. The summed E-state index contributed by atoms with van der Waals surface area (Å²) in [4.78, 5) is 34.7. The van der Waals surface area contributed by atoms with Crippen molar-refractivity contribution in [3.63, 3.8) is 0 Å². The minimum absolute atomic E-state index is 0.00292. The predicted octanol–water partition coefficient (Wildman–Crippen LogP) is 4.71. The van der Waals surface area contributed by atoms with Gasteiger partial charge in [0, 0.05) is 6.54 Å². The molecule has 0 unspecified atom stereocenters. The van der Waals surface area contributed by atoms with Gasteiger partial charge in [-0.2, -0.15) is 23.1 Å². The Morgan fingerprint density at radius 2 is 1.92 bits per heavy atom. The maximum atomic E-state index is 13.2. The van der Waals surface area contributed by atoms with Crippen LogP contribution in [-0.2, 0) is 11.3 Å². The van der Waals surface area contributed by atoms with E-state index in [1.54, 1.807) is 0 Å². The van der Waals surface area contributed by atoms with Crippen LogP contribution in [0.1, 0.15) is 28.8 Å². The number of pyridine rings is 1. The highest BCUT2D eigenvalue weighted by molar-refractivity contribution is 6.39. The molecule has 3 aromatic rings. The molecule has 16 heteroatoms. The smallest absolute Gasteiger partial charge is 0.403 e. The van der Waals surface area contributed by atoms with Gasteiger partial charge >= 0.3 is 6.18 Å². The monoisotopic (exact) mass is 566 g/mol. The van der Waals surface area contributed by atoms with Crippen molar-refractivity contribution in [2.45, 2.75) is 32.0 Å². The van der Waals surface area contributed by atoms with Crippen LogP contribution in [-0.4, -0.2) is 46.0 Å². The van der Waals surface area contributed by atoms with Crippen LogP contribution in [0.2, 0.25) is 10.0 Å². The summed E-state index contributed by atoms with van der Waals surface area (Å²) in [5.41, 5.74) is 3.19. The Kier molecular flexibility index (Phi) is 7.08. The first kappa shape index (κ1) is 26.7. The number of rotatable bonds is 9. The van der Waals surface area contributed by atoms with Crippen molar-refractivity contribution in [1.82, 2.24) is 20.3 Å². The summed E-state index contributed by atoms with van der Waals surface area (Å²) in [6.45, 7) is -1.32. The van der Waals surface area contributed by atoms with E-state index in [1.165, 1.54) is 18.2 Å². The highest BCUT2D eigenvalue weighted by atomic mass is 35.5. The second-order valence-corrected chi connectivity index (χ2v) is 8.93. The van der Waals surface area contributed by atoms with E-state index < -0.39 is 42.3 Å². The predicted molar refractivity (Wildman–Crippen MR) is 123 cm³/mol. The number of nitrogens with two attached hydrogens (primary N) is 1. The van der Waals surface area contributed by atoms with Crippen molar-refractivity contribution in [3.05, 3.63) is 39.4 Å². The molecule has 0 bridgehead atoms. The lowest BCUT2D eigenvalue weighted by Crippen LogP contribution is -2.40. The average molecular weight is 567 g/mol. The molecule has 0 spiro atoms. The third-order valence-corrected chi connectivity index (χ3v) is 6.38. The molecule has 1 aliphatic carbocycles. The molecule has 4 rings (SSSR count). The number of carbonyl (C=O) groups is 2. The van der Waals surface area contributed by atoms with E-state index in [9.17, 15) is 31.5 Å². The van der Waals surface area contributed by atoms with Crippen molar-refractivity contribution >= 4 is 57.8 Å². The number of aromatic amines is 1. The number of carbonyl (C=O) groups excluding carboxylic acids is 2. The van der Waals surface area contributed by atoms with Gasteiger partial charge in [-0.1, -0.05) is 29.3 Å². The maximum Gasteiger partial charge on any atom is 0.403 e. The van der Waals surface area contributed by atoms with E-state index >= 15 is 0 Å². The van der Waals surface area contributed by atoms with Crippen molar-refractivity contribution < 1.29 is 36.3 Å². The summed E-state index contributed by atoms with van der Waals surface area (Å²) in [5, 5.41) is 5.18. The Bertz CT molecular complexity index is 1380. The van der Waals surface area contributed by atoms with Gasteiger partial charge in [0.25, 0.3) is 12.3 Å². The summed E-state index contributed by atoms with van der Waals surface area (Å²) in [7, 11) is 0. The number of benzene rings is 1. The highest BCUT2D eigenvalue weighted by Gasteiger charge is 2.68. The van der Waals surface area contributed by atoms with Crippen LogP contribution in [0.3, 0.4) is 0 Å². The Hall–Kier alpha value is -3.39. The number of alkyl halides is 5. The third-order valence-electron chi connectivity index (χ3n) is 5.63. The number of anilines is 2. The second kappa shape index (κ2) is 9.82. The number of aromatic nitrogens is 3. The molecule has 2 aromatic heterocycles. The van der Waals surface area contributed by atoms with E-state index in [0.717, 1.165) is 0 Å². The van der Waals surface area contributed by atoms with E-state index in [4.69, 9.17) is 33.7 Å². The van der Waals surface area contributed by atoms with Crippen LogP contribution in [0.5, 0.6) is 5.88 Å². The standard InChI is InChI=1S/C21H17Cl2F5N6O3/c22-10-2-1-8(6-30-18(36)20(3-4-20)21(26,27)28)13(23)14(10)32-19-31-11-5-9(15(29)35)17(33-16(11)34-19)37-7-12(24)25/h1-2,5,12H,3-4,6-7H2,(H2,29,35)(H,30,36)(H2,31,32,33,34). The van der Waals surface area contributed by atoms with E-state index in [2.05, 4.69) is 25.6 Å². The fourth-order valence-electron chi connectivity index (χ4n) is 3.49. The Morgan fingerprint density at radius 1 is 1.22 bits per heavy atom. The van der Waals surface area contributed by atoms with Gasteiger partial charge in [-0.25, -0.2) is 8.78 Å². The number of amides is 2. The van der Waals surface area contributed by atoms with Crippen LogP contribution < -0.4 is 21.1 Å². The Balaban J connectivity index is 1.56. The number of fused-ring (bicyclic) bond motifs is 1. The number of ether oxygens (including phenoxy) is 1. The van der Waals surface area contributed by atoms with Gasteiger partial charge in [0.15, 0.2) is 12.3 Å². The molecular weight excluding hydrogens is 550 g/mol. The van der Waals surface area contributed by atoms with Crippen LogP contribution >= 0.6 is 23.2 Å². The summed E-state index contributed by atoms with van der Waals surface area (Å²) in [6.07, 6.45) is -8.03. The molecule has 5 N–H and O–H groups in total. The molecule has 0 aliphatic heterocycles. The number of halogens is 7. The maximum absolute atomic E-state index is 13.2. The minimum Gasteiger partial charge on any atom is -0.471 e.